The summed E-state index contributed by atoms with van der Waals surface area (Å²) in [6.45, 7) is 0. The Balaban J connectivity index is 1.85. The zero-order chi connectivity index (χ0) is 6.81. The second-order valence-electron chi connectivity index (χ2n) is 2.22. The van der Waals surface area contributed by atoms with E-state index in [1.165, 1.54) is 23.0 Å². The van der Waals surface area contributed by atoms with E-state index < -0.39 is 0 Å². The average molecular weight is 206 g/mol. The second-order valence-corrected chi connectivity index (χ2v) is 7.81. The van der Waals surface area contributed by atoms with Crippen LogP contribution in [0.2, 0.25) is 0 Å². The van der Waals surface area contributed by atoms with E-state index in [2.05, 4.69) is 46.5 Å². The average Bonchev–Trinajstić information content (AvgIpc) is 2.59. The van der Waals surface area contributed by atoms with Crippen molar-refractivity contribution in [3.05, 3.63) is 0 Å². The molecule has 54 valence electrons. The predicted octanol–water partition coefficient (Wildman–Crippen LogP) is 2.00. The minimum absolute atomic E-state index is 0.914. The lowest BCUT2D eigenvalue weighted by molar-refractivity contribution is 1.59. The molecule has 2 fully saturated rings. The van der Waals surface area contributed by atoms with Crippen LogP contribution in [-0.4, -0.2) is 33.3 Å². The highest BCUT2D eigenvalue weighted by Crippen LogP contribution is 2.40. The van der Waals surface area contributed by atoms with Gasteiger partial charge in [0.2, 0.25) is 0 Å². The van der Waals surface area contributed by atoms with Crippen LogP contribution in [0.15, 0.2) is 0 Å². The molecule has 0 radical (unpaired) electrons. The highest BCUT2D eigenvalue weighted by atomic mass is 32.2. The standard InChI is InChI=1S/C4H8B2S4/c1-2-8-5(7-1)6-9-3-4-10-6/h1-4H2. The molecule has 0 atom stereocenters. The van der Waals surface area contributed by atoms with Gasteiger partial charge in [0, 0.05) is 0 Å². The first-order valence-electron chi connectivity index (χ1n) is 3.43. The third kappa shape index (κ3) is 1.82. The number of hydrogen-bond acceptors (Lipinski definition) is 4. The molecular formula is C4H8B2S4. The van der Waals surface area contributed by atoms with Crippen LogP contribution >= 0.6 is 46.5 Å². The minimum Gasteiger partial charge on any atom is -0.201 e. The Hall–Kier alpha value is 1.53. The van der Waals surface area contributed by atoms with Gasteiger partial charge in [-0.1, -0.05) is 0 Å². The molecule has 0 aromatic rings. The highest BCUT2D eigenvalue weighted by molar-refractivity contribution is 8.78. The Labute approximate surface area is 79.5 Å². The highest BCUT2D eigenvalue weighted by Gasteiger charge is 2.37. The van der Waals surface area contributed by atoms with Gasteiger partial charge in [0.15, 0.2) is 0 Å². The van der Waals surface area contributed by atoms with E-state index in [0.29, 0.717) is 0 Å². The zero-order valence-electron chi connectivity index (χ0n) is 5.62. The molecule has 6 heteroatoms. The quantitative estimate of drug-likeness (QED) is 0.601. The van der Waals surface area contributed by atoms with E-state index in [9.17, 15) is 0 Å². The molecule has 2 rings (SSSR count). The van der Waals surface area contributed by atoms with Crippen LogP contribution < -0.4 is 0 Å². The van der Waals surface area contributed by atoms with Gasteiger partial charge in [-0.15, -0.1) is 0 Å². The first-order chi connectivity index (χ1) is 4.97. The molecule has 2 saturated heterocycles. The van der Waals surface area contributed by atoms with Crippen molar-refractivity contribution in [2.24, 2.45) is 0 Å². The van der Waals surface area contributed by atoms with Crippen molar-refractivity contribution in [3.63, 3.8) is 0 Å². The van der Waals surface area contributed by atoms with E-state index in [1.807, 2.05) is 0 Å². The molecule has 0 aliphatic carbocycles. The minimum atomic E-state index is 0.914. The largest absolute Gasteiger partial charge is 0.267 e. The van der Waals surface area contributed by atoms with Crippen molar-refractivity contribution < 1.29 is 0 Å². The maximum atomic E-state index is 2.16. The lowest BCUT2D eigenvalue weighted by Crippen LogP contribution is -2.18. The molecule has 0 nitrogen and oxygen atoms in total. The van der Waals surface area contributed by atoms with Crippen LogP contribution in [0.25, 0.3) is 0 Å². The van der Waals surface area contributed by atoms with E-state index in [1.54, 1.807) is 0 Å². The summed E-state index contributed by atoms with van der Waals surface area (Å²) in [5, 5.41) is 1.83. The molecule has 0 aromatic carbocycles. The van der Waals surface area contributed by atoms with E-state index in [4.69, 9.17) is 0 Å². The third-order valence-corrected chi connectivity index (χ3v) is 8.52. The molecule has 2 heterocycles. The summed E-state index contributed by atoms with van der Waals surface area (Å²) in [6.07, 6.45) is 0. The summed E-state index contributed by atoms with van der Waals surface area (Å²) in [7, 11) is 0. The Morgan fingerprint density at radius 3 is 1.20 bits per heavy atom. The maximum absolute atomic E-state index is 2.16. The van der Waals surface area contributed by atoms with Crippen molar-refractivity contribution in [3.8, 4) is 0 Å². The lowest BCUT2D eigenvalue weighted by atomic mass is 9.72. The Kier molecular flexibility index (Phi) is 3.23. The zero-order valence-corrected chi connectivity index (χ0v) is 8.88. The van der Waals surface area contributed by atoms with Crippen LogP contribution in [0, 0.1) is 0 Å². The van der Waals surface area contributed by atoms with E-state index in [0.717, 1.165) is 10.3 Å². The predicted molar refractivity (Wildman–Crippen MR) is 61.3 cm³/mol. The lowest BCUT2D eigenvalue weighted by Gasteiger charge is -2.05. The van der Waals surface area contributed by atoms with Crippen LogP contribution in [0.3, 0.4) is 0 Å². The molecule has 0 saturated carbocycles. The van der Waals surface area contributed by atoms with E-state index in [-0.39, 0.29) is 0 Å². The van der Waals surface area contributed by atoms with Crippen molar-refractivity contribution >= 4 is 56.8 Å². The maximum Gasteiger partial charge on any atom is 0.267 e. The van der Waals surface area contributed by atoms with Gasteiger partial charge < -0.3 is 0 Å². The van der Waals surface area contributed by atoms with Crippen molar-refractivity contribution in [2.75, 3.05) is 23.0 Å². The van der Waals surface area contributed by atoms with Gasteiger partial charge in [-0.2, -0.15) is 0 Å². The summed E-state index contributed by atoms with van der Waals surface area (Å²) in [6, 6.07) is 0. The molecular weight excluding hydrogens is 198 g/mol. The molecule has 10 heavy (non-hydrogen) atoms. The van der Waals surface area contributed by atoms with Gasteiger partial charge in [0.05, 0.1) is 0 Å². The first kappa shape index (κ1) is 8.14. The SMILES string of the molecule is C1CSB(B2SCCS2)S1. The van der Waals surface area contributed by atoms with Crippen molar-refractivity contribution in [1.29, 1.82) is 0 Å². The van der Waals surface area contributed by atoms with Gasteiger partial charge in [-0.25, -0.2) is 46.5 Å². The Morgan fingerprint density at radius 1 is 0.600 bits per heavy atom. The van der Waals surface area contributed by atoms with Crippen LogP contribution in [0.1, 0.15) is 0 Å². The molecule has 0 bridgehead atoms. The summed E-state index contributed by atoms with van der Waals surface area (Å²) < 4.78 is 0. The molecule has 0 aromatic heterocycles. The summed E-state index contributed by atoms with van der Waals surface area (Å²) in [5.74, 6) is 5.53. The smallest absolute Gasteiger partial charge is 0.201 e. The van der Waals surface area contributed by atoms with Gasteiger partial charge in [0.25, 0.3) is 10.3 Å². The van der Waals surface area contributed by atoms with Gasteiger partial charge >= 0.3 is 0 Å². The van der Waals surface area contributed by atoms with E-state index >= 15 is 0 Å². The summed E-state index contributed by atoms with van der Waals surface area (Å²) in [5.41, 5.74) is 0. The fourth-order valence-corrected chi connectivity index (χ4v) is 7.98. The van der Waals surface area contributed by atoms with Crippen LogP contribution in [-0.2, 0) is 0 Å². The number of hydrogen-bond donors (Lipinski definition) is 0. The first-order valence-corrected chi connectivity index (χ1v) is 7.63. The number of rotatable bonds is 1. The molecule has 2 aliphatic rings. The van der Waals surface area contributed by atoms with Crippen molar-refractivity contribution in [1.82, 2.24) is 0 Å². The fourth-order valence-electron chi connectivity index (χ4n) is 1.07. The van der Waals surface area contributed by atoms with Crippen LogP contribution in [0.4, 0.5) is 0 Å². The summed E-state index contributed by atoms with van der Waals surface area (Å²) in [4.78, 5) is 0. The molecule has 2 aliphatic heterocycles. The van der Waals surface area contributed by atoms with Gasteiger partial charge in [-0.05, 0) is 23.0 Å². The Morgan fingerprint density at radius 2 is 0.900 bits per heavy atom. The third-order valence-electron chi connectivity index (χ3n) is 1.52. The fraction of sp³-hybridized carbons (Fsp3) is 1.00. The molecule has 0 spiro atoms. The normalized spacial score (nSPS) is 26.4. The molecule has 0 N–H and O–H groups in total. The van der Waals surface area contributed by atoms with Gasteiger partial charge in [0.1, 0.15) is 0 Å². The van der Waals surface area contributed by atoms with Gasteiger partial charge in [-0.3, -0.25) is 0 Å². The van der Waals surface area contributed by atoms with Crippen molar-refractivity contribution in [2.45, 2.75) is 0 Å². The molecule has 0 unspecified atom stereocenters. The second kappa shape index (κ2) is 3.97. The Bertz CT molecular complexity index is 95.8. The summed E-state index contributed by atoms with van der Waals surface area (Å²) >= 11 is 8.64. The van der Waals surface area contributed by atoms with Crippen LogP contribution in [0.5, 0.6) is 0 Å². The topological polar surface area (TPSA) is 0 Å². The molecule has 0 amide bonds. The monoisotopic (exact) mass is 206 g/mol.